The van der Waals surface area contributed by atoms with Crippen LogP contribution < -0.4 is 10.6 Å². The Morgan fingerprint density at radius 3 is 2.19 bits per heavy atom. The molecule has 0 spiro atoms. The minimum absolute atomic E-state index is 0.0106. The maximum absolute atomic E-state index is 12.5. The highest BCUT2D eigenvalue weighted by Crippen LogP contribution is 2.29. The zero-order chi connectivity index (χ0) is 16.2. The van der Waals surface area contributed by atoms with Crippen molar-refractivity contribution >= 4 is 11.7 Å². The summed E-state index contributed by atoms with van der Waals surface area (Å²) >= 11 is 0. The second-order valence-corrected chi connectivity index (χ2v) is 6.85. The first-order valence-corrected chi connectivity index (χ1v) is 7.93. The lowest BCUT2D eigenvalue weighted by atomic mass is 9.92. The molecule has 1 rings (SSSR count). The van der Waals surface area contributed by atoms with E-state index in [1.807, 2.05) is 34.6 Å². The van der Waals surface area contributed by atoms with Crippen LogP contribution in [0.25, 0.3) is 0 Å². The predicted octanol–water partition coefficient (Wildman–Crippen LogP) is 1.51. The van der Waals surface area contributed by atoms with Gasteiger partial charge in [0.15, 0.2) is 5.78 Å². The fraction of sp³-hybridized carbons (Fsp3) is 0.875. The topological polar surface area (TPSA) is 70.7 Å². The van der Waals surface area contributed by atoms with Crippen molar-refractivity contribution in [2.45, 2.75) is 65.6 Å². The number of ether oxygens (including phenoxy) is 1. The molecule has 1 heterocycles. The number of hydrogen-bond acceptors (Lipinski definition) is 4. The molecule has 0 aliphatic carbocycles. The van der Waals surface area contributed by atoms with Gasteiger partial charge in [-0.3, -0.25) is 9.59 Å². The Labute approximate surface area is 128 Å². The maximum atomic E-state index is 12.5. The number of nitrogens with one attached hydrogen (secondary N) is 2. The summed E-state index contributed by atoms with van der Waals surface area (Å²) < 4.78 is 5.24. The molecule has 1 unspecified atom stereocenters. The average molecular weight is 298 g/mol. The van der Waals surface area contributed by atoms with Gasteiger partial charge >= 0.3 is 0 Å². The molecule has 0 radical (unpaired) electrons. The molecule has 5 heteroatoms. The van der Waals surface area contributed by atoms with Crippen LogP contribution in [0.2, 0.25) is 0 Å². The minimum Gasteiger partial charge on any atom is -0.361 e. The molecular weight excluding hydrogens is 268 g/mol. The molecule has 2 N–H and O–H groups in total. The maximum Gasteiger partial charge on any atom is 0.237 e. The third-order valence-electron chi connectivity index (χ3n) is 3.81. The van der Waals surface area contributed by atoms with E-state index in [4.69, 9.17) is 4.74 Å². The van der Waals surface area contributed by atoms with Crippen LogP contribution in [0.5, 0.6) is 0 Å². The van der Waals surface area contributed by atoms with Crippen molar-refractivity contribution in [3.63, 3.8) is 0 Å². The van der Waals surface area contributed by atoms with E-state index < -0.39 is 11.6 Å². The molecule has 0 aromatic heterocycles. The van der Waals surface area contributed by atoms with Crippen molar-refractivity contribution in [2.75, 3.05) is 13.2 Å². The standard InChI is InChI=1S/C16H30N2O3/c1-7-17-13(11(4)5)15(20)18-12(8-10(2)3)14(19)16(6)9-21-16/h10-13,17H,7-9H2,1-6H3,(H,18,20)/t12?,13-,16+/m0/s1. The summed E-state index contributed by atoms with van der Waals surface area (Å²) in [4.78, 5) is 24.9. The highest BCUT2D eigenvalue weighted by molar-refractivity contribution is 5.97. The molecule has 122 valence electrons. The van der Waals surface area contributed by atoms with Gasteiger partial charge in [-0.25, -0.2) is 0 Å². The first-order chi connectivity index (χ1) is 9.71. The van der Waals surface area contributed by atoms with Gasteiger partial charge in [-0.05, 0) is 31.7 Å². The lowest BCUT2D eigenvalue weighted by Gasteiger charge is -2.26. The van der Waals surface area contributed by atoms with Crippen molar-refractivity contribution in [1.82, 2.24) is 10.6 Å². The highest BCUT2D eigenvalue weighted by Gasteiger charge is 2.50. The van der Waals surface area contributed by atoms with E-state index in [0.717, 1.165) is 6.54 Å². The normalized spacial score (nSPS) is 24.0. The number of carbonyl (C=O) groups excluding carboxylic acids is 2. The van der Waals surface area contributed by atoms with Gasteiger partial charge in [0.25, 0.3) is 0 Å². The van der Waals surface area contributed by atoms with Crippen LogP contribution in [-0.4, -0.2) is 42.5 Å². The van der Waals surface area contributed by atoms with Gasteiger partial charge in [0.05, 0.1) is 18.7 Å². The van der Waals surface area contributed by atoms with E-state index in [1.165, 1.54) is 0 Å². The second-order valence-electron chi connectivity index (χ2n) is 6.85. The molecule has 0 bridgehead atoms. The summed E-state index contributed by atoms with van der Waals surface area (Å²) in [6.07, 6.45) is 0.639. The Morgan fingerprint density at radius 2 is 1.81 bits per heavy atom. The third-order valence-corrected chi connectivity index (χ3v) is 3.81. The molecule has 21 heavy (non-hydrogen) atoms. The fourth-order valence-electron chi connectivity index (χ4n) is 2.43. The van der Waals surface area contributed by atoms with Crippen LogP contribution in [0.3, 0.4) is 0 Å². The Morgan fingerprint density at radius 1 is 1.24 bits per heavy atom. The second kappa shape index (κ2) is 7.36. The van der Waals surface area contributed by atoms with E-state index in [0.29, 0.717) is 18.9 Å². The summed E-state index contributed by atoms with van der Waals surface area (Å²) in [5.74, 6) is 0.393. The lowest BCUT2D eigenvalue weighted by molar-refractivity contribution is -0.132. The van der Waals surface area contributed by atoms with Crippen LogP contribution in [-0.2, 0) is 14.3 Å². The quantitative estimate of drug-likeness (QED) is 0.633. The Balaban J connectivity index is 2.75. The molecule has 1 amide bonds. The molecule has 1 aliphatic rings. The average Bonchev–Trinajstić information content (AvgIpc) is 3.12. The number of epoxide rings is 1. The predicted molar refractivity (Wildman–Crippen MR) is 83.1 cm³/mol. The molecule has 1 saturated heterocycles. The number of amides is 1. The molecule has 3 atom stereocenters. The monoisotopic (exact) mass is 298 g/mol. The Bertz CT molecular complexity index is 376. The van der Waals surface area contributed by atoms with Crippen molar-refractivity contribution < 1.29 is 14.3 Å². The molecule has 1 fully saturated rings. The molecule has 1 aliphatic heterocycles. The molecule has 5 nitrogen and oxygen atoms in total. The fourth-order valence-corrected chi connectivity index (χ4v) is 2.43. The van der Waals surface area contributed by atoms with Gasteiger partial charge in [-0.2, -0.15) is 0 Å². The first kappa shape index (κ1) is 18.1. The van der Waals surface area contributed by atoms with Gasteiger partial charge in [-0.15, -0.1) is 0 Å². The van der Waals surface area contributed by atoms with Gasteiger partial charge in [-0.1, -0.05) is 34.6 Å². The molecule has 0 aromatic carbocycles. The molecule has 0 aromatic rings. The van der Waals surface area contributed by atoms with Crippen molar-refractivity contribution in [1.29, 1.82) is 0 Å². The van der Waals surface area contributed by atoms with Gasteiger partial charge < -0.3 is 15.4 Å². The number of carbonyl (C=O) groups is 2. The number of hydrogen-bond donors (Lipinski definition) is 2. The Hall–Kier alpha value is -0.940. The van der Waals surface area contributed by atoms with Crippen molar-refractivity contribution in [3.05, 3.63) is 0 Å². The van der Waals surface area contributed by atoms with Gasteiger partial charge in [0.1, 0.15) is 5.60 Å². The SMILES string of the molecule is CCN[C@H](C(=O)NC(CC(C)C)C(=O)[C@@]1(C)CO1)C(C)C. The number of Topliss-reactive ketones (excluding diaryl/α,β-unsaturated/α-hetero) is 1. The van der Waals surface area contributed by atoms with E-state index in [9.17, 15) is 9.59 Å². The van der Waals surface area contributed by atoms with E-state index in [1.54, 1.807) is 6.92 Å². The van der Waals surface area contributed by atoms with Crippen LogP contribution in [0.15, 0.2) is 0 Å². The van der Waals surface area contributed by atoms with Crippen LogP contribution >= 0.6 is 0 Å². The highest BCUT2D eigenvalue weighted by atomic mass is 16.6. The van der Waals surface area contributed by atoms with Gasteiger partial charge in [0, 0.05) is 0 Å². The summed E-state index contributed by atoms with van der Waals surface area (Å²) in [7, 11) is 0. The Kier molecular flexibility index (Phi) is 6.35. The zero-order valence-electron chi connectivity index (χ0n) is 14.2. The summed E-state index contributed by atoms with van der Waals surface area (Å²) in [6, 6.07) is -0.740. The van der Waals surface area contributed by atoms with Crippen LogP contribution in [0, 0.1) is 11.8 Å². The largest absolute Gasteiger partial charge is 0.361 e. The van der Waals surface area contributed by atoms with E-state index in [-0.39, 0.29) is 23.7 Å². The summed E-state index contributed by atoms with van der Waals surface area (Å²) in [5.41, 5.74) is -0.696. The van der Waals surface area contributed by atoms with E-state index in [2.05, 4.69) is 10.6 Å². The van der Waals surface area contributed by atoms with Gasteiger partial charge in [0.2, 0.25) is 5.91 Å². The number of ketones is 1. The zero-order valence-corrected chi connectivity index (χ0v) is 14.2. The number of likely N-dealkylation sites (N-methyl/N-ethyl adjacent to an activating group) is 1. The van der Waals surface area contributed by atoms with Crippen molar-refractivity contribution in [2.24, 2.45) is 11.8 Å². The first-order valence-electron chi connectivity index (χ1n) is 7.93. The smallest absolute Gasteiger partial charge is 0.237 e. The van der Waals surface area contributed by atoms with Crippen LogP contribution in [0.1, 0.15) is 48.0 Å². The molecule has 0 saturated carbocycles. The minimum atomic E-state index is -0.696. The third kappa shape index (κ3) is 5.08. The van der Waals surface area contributed by atoms with E-state index >= 15 is 0 Å². The molecular formula is C16H30N2O3. The van der Waals surface area contributed by atoms with Crippen LogP contribution in [0.4, 0.5) is 0 Å². The number of rotatable bonds is 9. The summed E-state index contributed by atoms with van der Waals surface area (Å²) in [6.45, 7) is 13.0. The van der Waals surface area contributed by atoms with Crippen molar-refractivity contribution in [3.8, 4) is 0 Å². The summed E-state index contributed by atoms with van der Waals surface area (Å²) in [5, 5.41) is 6.11. The lowest BCUT2D eigenvalue weighted by Crippen LogP contribution is -2.54.